The van der Waals surface area contributed by atoms with Crippen molar-refractivity contribution < 1.29 is 9.59 Å². The molecular formula is C15H19N3O2. The van der Waals surface area contributed by atoms with E-state index in [1.807, 2.05) is 18.2 Å². The summed E-state index contributed by atoms with van der Waals surface area (Å²) < 4.78 is 0. The van der Waals surface area contributed by atoms with Crippen LogP contribution in [-0.2, 0) is 17.8 Å². The fraction of sp³-hybridized carbons (Fsp3) is 0.467. The zero-order valence-electron chi connectivity index (χ0n) is 11.4. The highest BCUT2D eigenvalue weighted by molar-refractivity contribution is 5.94. The van der Waals surface area contributed by atoms with E-state index in [0.717, 1.165) is 25.9 Å². The van der Waals surface area contributed by atoms with Gasteiger partial charge in [0.25, 0.3) is 5.91 Å². The summed E-state index contributed by atoms with van der Waals surface area (Å²) in [4.78, 5) is 23.2. The van der Waals surface area contributed by atoms with Gasteiger partial charge in [0.2, 0.25) is 5.91 Å². The molecule has 2 heterocycles. The van der Waals surface area contributed by atoms with Crippen LogP contribution in [0.3, 0.4) is 0 Å². The number of rotatable bonds is 3. The molecule has 2 amide bonds. The lowest BCUT2D eigenvalue weighted by Crippen LogP contribution is -2.38. The Morgan fingerprint density at radius 3 is 3.00 bits per heavy atom. The van der Waals surface area contributed by atoms with Gasteiger partial charge in [0, 0.05) is 31.1 Å². The second-order valence-electron chi connectivity index (χ2n) is 5.42. The molecule has 0 radical (unpaired) electrons. The molecule has 106 valence electrons. The number of amides is 2. The second-order valence-corrected chi connectivity index (χ2v) is 5.42. The third kappa shape index (κ3) is 2.82. The molecular weight excluding hydrogens is 254 g/mol. The van der Waals surface area contributed by atoms with Gasteiger partial charge in [0.15, 0.2) is 0 Å². The Morgan fingerprint density at radius 1 is 1.30 bits per heavy atom. The van der Waals surface area contributed by atoms with Crippen molar-refractivity contribution in [3.8, 4) is 0 Å². The Morgan fingerprint density at radius 2 is 2.20 bits per heavy atom. The zero-order valence-corrected chi connectivity index (χ0v) is 11.4. The molecule has 0 saturated carbocycles. The van der Waals surface area contributed by atoms with Crippen molar-refractivity contribution in [3.05, 3.63) is 34.9 Å². The molecule has 5 nitrogen and oxygen atoms in total. The largest absolute Gasteiger partial charge is 0.352 e. The van der Waals surface area contributed by atoms with E-state index in [2.05, 4.69) is 16.0 Å². The van der Waals surface area contributed by atoms with Gasteiger partial charge in [-0.1, -0.05) is 6.07 Å². The van der Waals surface area contributed by atoms with E-state index in [-0.39, 0.29) is 17.9 Å². The van der Waals surface area contributed by atoms with E-state index in [4.69, 9.17) is 0 Å². The Kier molecular flexibility index (Phi) is 3.69. The normalized spacial score (nSPS) is 21.2. The van der Waals surface area contributed by atoms with Crippen LogP contribution < -0.4 is 16.0 Å². The van der Waals surface area contributed by atoms with Gasteiger partial charge in [-0.25, -0.2) is 0 Å². The lowest BCUT2D eigenvalue weighted by Gasteiger charge is -2.18. The molecule has 0 aromatic heterocycles. The van der Waals surface area contributed by atoms with Crippen LogP contribution in [0.1, 0.15) is 34.3 Å². The summed E-state index contributed by atoms with van der Waals surface area (Å²) in [7, 11) is 0. The van der Waals surface area contributed by atoms with Gasteiger partial charge >= 0.3 is 0 Å². The molecule has 2 aliphatic rings. The van der Waals surface area contributed by atoms with Crippen molar-refractivity contribution in [3.63, 3.8) is 0 Å². The molecule has 5 heteroatoms. The van der Waals surface area contributed by atoms with E-state index in [9.17, 15) is 9.59 Å². The highest BCUT2D eigenvalue weighted by Crippen LogP contribution is 2.16. The quantitative estimate of drug-likeness (QED) is 0.744. The van der Waals surface area contributed by atoms with Crippen LogP contribution in [0.5, 0.6) is 0 Å². The first-order valence-corrected chi connectivity index (χ1v) is 7.12. The number of benzene rings is 1. The maximum atomic E-state index is 12.1. The third-order valence-electron chi connectivity index (χ3n) is 3.95. The number of hydrogen-bond acceptors (Lipinski definition) is 3. The smallest absolute Gasteiger partial charge is 0.251 e. The molecule has 0 spiro atoms. The van der Waals surface area contributed by atoms with Gasteiger partial charge in [-0.15, -0.1) is 0 Å². The van der Waals surface area contributed by atoms with E-state index >= 15 is 0 Å². The van der Waals surface area contributed by atoms with Crippen molar-refractivity contribution in [1.29, 1.82) is 0 Å². The van der Waals surface area contributed by atoms with E-state index < -0.39 is 0 Å². The van der Waals surface area contributed by atoms with Crippen molar-refractivity contribution in [1.82, 2.24) is 16.0 Å². The van der Waals surface area contributed by atoms with Gasteiger partial charge < -0.3 is 16.0 Å². The molecule has 2 aliphatic heterocycles. The lowest BCUT2D eigenvalue weighted by atomic mass is 9.98. The van der Waals surface area contributed by atoms with Crippen molar-refractivity contribution >= 4 is 11.8 Å². The number of nitrogens with one attached hydrogen (secondary N) is 3. The van der Waals surface area contributed by atoms with Crippen molar-refractivity contribution in [2.75, 3.05) is 13.1 Å². The first-order chi connectivity index (χ1) is 9.72. The van der Waals surface area contributed by atoms with E-state index in [1.165, 1.54) is 11.1 Å². The first-order valence-electron chi connectivity index (χ1n) is 7.12. The Balaban J connectivity index is 1.60. The molecule has 1 fully saturated rings. The molecule has 0 bridgehead atoms. The van der Waals surface area contributed by atoms with Gasteiger partial charge in [-0.05, 0) is 42.6 Å². The molecule has 1 atom stereocenters. The summed E-state index contributed by atoms with van der Waals surface area (Å²) >= 11 is 0. The monoisotopic (exact) mass is 273 g/mol. The van der Waals surface area contributed by atoms with E-state index in [1.54, 1.807) is 0 Å². The maximum absolute atomic E-state index is 12.1. The van der Waals surface area contributed by atoms with Gasteiger partial charge in [-0.2, -0.15) is 0 Å². The fourth-order valence-electron chi connectivity index (χ4n) is 2.77. The van der Waals surface area contributed by atoms with Crippen molar-refractivity contribution in [2.24, 2.45) is 0 Å². The molecule has 20 heavy (non-hydrogen) atoms. The van der Waals surface area contributed by atoms with Crippen LogP contribution >= 0.6 is 0 Å². The summed E-state index contributed by atoms with van der Waals surface area (Å²) in [6, 6.07) is 5.96. The summed E-state index contributed by atoms with van der Waals surface area (Å²) in [5, 5.41) is 9.05. The number of fused-ring (bicyclic) bond motifs is 1. The first kappa shape index (κ1) is 13.1. The van der Waals surface area contributed by atoms with Crippen LogP contribution in [0.2, 0.25) is 0 Å². The van der Waals surface area contributed by atoms with Gasteiger partial charge in [0.1, 0.15) is 0 Å². The Hall–Kier alpha value is -1.88. The standard InChI is InChI=1S/C15H19N3O2/c19-14-4-3-13(18-14)9-17-15(20)11-2-1-10-5-6-16-8-12(10)7-11/h1-2,7,13,16H,3-6,8-9H2,(H,17,20)(H,18,19). The molecule has 0 aliphatic carbocycles. The topological polar surface area (TPSA) is 70.2 Å². The molecule has 1 aromatic carbocycles. The van der Waals surface area contributed by atoms with Crippen molar-refractivity contribution in [2.45, 2.75) is 31.8 Å². The SMILES string of the molecule is O=C1CCC(CNC(=O)c2ccc3c(c2)CNCC3)N1. The summed E-state index contributed by atoms with van der Waals surface area (Å²) in [5.41, 5.74) is 3.22. The van der Waals surface area contributed by atoms with Gasteiger partial charge in [0.05, 0.1) is 0 Å². The summed E-state index contributed by atoms with van der Waals surface area (Å²) in [5.74, 6) is 0.00336. The average Bonchev–Trinajstić information content (AvgIpc) is 2.90. The zero-order chi connectivity index (χ0) is 13.9. The molecule has 1 unspecified atom stereocenters. The predicted molar refractivity (Wildman–Crippen MR) is 75.4 cm³/mol. The molecule has 1 aromatic rings. The average molecular weight is 273 g/mol. The lowest BCUT2D eigenvalue weighted by molar-refractivity contribution is -0.119. The minimum atomic E-state index is -0.0699. The number of carbonyl (C=O) groups is 2. The highest BCUT2D eigenvalue weighted by atomic mass is 16.2. The summed E-state index contributed by atoms with van der Waals surface area (Å²) in [6.45, 7) is 2.33. The Bertz CT molecular complexity index is 542. The third-order valence-corrected chi connectivity index (χ3v) is 3.95. The molecule has 1 saturated heterocycles. The maximum Gasteiger partial charge on any atom is 0.251 e. The number of hydrogen-bond donors (Lipinski definition) is 3. The highest BCUT2D eigenvalue weighted by Gasteiger charge is 2.21. The minimum Gasteiger partial charge on any atom is -0.352 e. The van der Waals surface area contributed by atoms with E-state index in [0.29, 0.717) is 18.5 Å². The summed E-state index contributed by atoms with van der Waals surface area (Å²) in [6.07, 6.45) is 2.38. The molecule has 3 rings (SSSR count). The predicted octanol–water partition coefficient (Wildman–Crippen LogP) is 0.341. The van der Waals surface area contributed by atoms with Crippen LogP contribution in [0.15, 0.2) is 18.2 Å². The Labute approximate surface area is 118 Å². The minimum absolute atomic E-state index is 0.0699. The fourth-order valence-corrected chi connectivity index (χ4v) is 2.77. The van der Waals surface area contributed by atoms with Crippen LogP contribution in [0.25, 0.3) is 0 Å². The van der Waals surface area contributed by atoms with Crippen LogP contribution in [0, 0.1) is 0 Å². The van der Waals surface area contributed by atoms with Crippen LogP contribution in [-0.4, -0.2) is 30.9 Å². The van der Waals surface area contributed by atoms with Crippen LogP contribution in [0.4, 0.5) is 0 Å². The second kappa shape index (κ2) is 5.63. The number of carbonyl (C=O) groups excluding carboxylic acids is 2. The van der Waals surface area contributed by atoms with Gasteiger partial charge in [-0.3, -0.25) is 9.59 Å². The molecule has 3 N–H and O–H groups in total.